The molecule has 0 saturated heterocycles. The first-order valence-electron chi connectivity index (χ1n) is 10.3. The lowest BCUT2D eigenvalue weighted by atomic mass is 9.90. The van der Waals surface area contributed by atoms with E-state index in [0.717, 1.165) is 16.8 Å². The van der Waals surface area contributed by atoms with E-state index in [9.17, 15) is 0 Å². The Labute approximate surface area is 177 Å². The summed E-state index contributed by atoms with van der Waals surface area (Å²) in [5, 5.41) is 9.62. The quantitative estimate of drug-likeness (QED) is 0.438. The van der Waals surface area contributed by atoms with Crippen LogP contribution in [0.25, 0.3) is 50.3 Å². The highest BCUT2D eigenvalue weighted by Gasteiger charge is 2.34. The third-order valence-electron chi connectivity index (χ3n) is 6.34. The third kappa shape index (κ3) is 2.06. The molecular formula is C25H18N6. The van der Waals surface area contributed by atoms with Crippen LogP contribution in [-0.4, -0.2) is 29.1 Å². The first kappa shape index (κ1) is 16.7. The highest BCUT2D eigenvalue weighted by atomic mass is 15.2. The molecule has 0 spiro atoms. The van der Waals surface area contributed by atoms with E-state index < -0.39 is 0 Å². The van der Waals surface area contributed by atoms with Crippen molar-refractivity contribution < 1.29 is 0 Å². The standard InChI is InChI=1S/C25H18N6/c1-25(2)12-20-22-21-17(18-8-11-29-31(18)23(22)25)4-3-5-19(21)30(20)16-13-27-24(28-14-16)15-6-9-26-10-7-15/h3-14H,1-2H3. The van der Waals surface area contributed by atoms with Gasteiger partial charge in [0.1, 0.15) is 0 Å². The number of aromatic nitrogens is 6. The molecule has 0 unspecified atom stereocenters. The summed E-state index contributed by atoms with van der Waals surface area (Å²) in [5.74, 6) is 0.695. The summed E-state index contributed by atoms with van der Waals surface area (Å²) < 4.78 is 4.39. The maximum absolute atomic E-state index is 4.67. The van der Waals surface area contributed by atoms with Crippen LogP contribution in [-0.2, 0) is 5.41 Å². The minimum atomic E-state index is -0.132. The predicted molar refractivity (Wildman–Crippen MR) is 121 cm³/mol. The van der Waals surface area contributed by atoms with E-state index in [0.29, 0.717) is 5.82 Å². The summed E-state index contributed by atoms with van der Waals surface area (Å²) in [4.78, 5) is 13.4. The highest BCUT2D eigenvalue weighted by molar-refractivity contribution is 6.17. The fourth-order valence-electron chi connectivity index (χ4n) is 5.11. The van der Waals surface area contributed by atoms with Crippen molar-refractivity contribution in [2.24, 2.45) is 0 Å². The number of nitrogens with zero attached hydrogens (tertiary/aromatic N) is 6. The summed E-state index contributed by atoms with van der Waals surface area (Å²) in [7, 11) is 0. The molecule has 0 bridgehead atoms. The van der Waals surface area contributed by atoms with Gasteiger partial charge in [-0.25, -0.2) is 14.5 Å². The molecule has 0 amide bonds. The number of hydrogen-bond donors (Lipinski definition) is 0. The second-order valence-electron chi connectivity index (χ2n) is 8.64. The van der Waals surface area contributed by atoms with E-state index in [1.165, 1.54) is 32.7 Å². The summed E-state index contributed by atoms with van der Waals surface area (Å²) in [6.45, 7) is 4.50. The van der Waals surface area contributed by atoms with E-state index >= 15 is 0 Å². The van der Waals surface area contributed by atoms with Gasteiger partial charge in [0.25, 0.3) is 0 Å². The lowest BCUT2D eigenvalue weighted by Gasteiger charge is -2.20. The molecule has 5 heterocycles. The Bertz CT molecular complexity index is 1690. The van der Waals surface area contributed by atoms with Crippen molar-refractivity contribution >= 4 is 33.3 Å². The van der Waals surface area contributed by atoms with Crippen LogP contribution in [0.15, 0.2) is 67.4 Å². The van der Waals surface area contributed by atoms with Crippen molar-refractivity contribution in [2.75, 3.05) is 0 Å². The van der Waals surface area contributed by atoms with Crippen LogP contribution in [0.1, 0.15) is 19.5 Å². The molecule has 6 aromatic rings. The van der Waals surface area contributed by atoms with Gasteiger partial charge in [0.2, 0.25) is 0 Å². The van der Waals surface area contributed by atoms with Crippen LogP contribution >= 0.6 is 0 Å². The maximum Gasteiger partial charge on any atom is 0.159 e. The van der Waals surface area contributed by atoms with Gasteiger partial charge in [-0.15, -0.1) is 0 Å². The smallest absolute Gasteiger partial charge is 0.159 e. The number of benzene rings is 1. The van der Waals surface area contributed by atoms with Crippen molar-refractivity contribution in [3.05, 3.63) is 78.4 Å². The number of rotatable bonds is 2. The molecular weight excluding hydrogens is 384 g/mol. The van der Waals surface area contributed by atoms with Crippen LogP contribution in [0.3, 0.4) is 0 Å². The SMILES string of the molecule is CC1(C)C=c2c3c1n1nccc1c1cccc(c31)n2-c1cnc(-c2ccncc2)nc1. The number of hydrogen-bond acceptors (Lipinski definition) is 4. The van der Waals surface area contributed by atoms with Crippen molar-refractivity contribution in [1.29, 1.82) is 0 Å². The van der Waals surface area contributed by atoms with E-state index in [-0.39, 0.29) is 5.41 Å². The summed E-state index contributed by atoms with van der Waals surface area (Å²) in [6, 6.07) is 12.4. The van der Waals surface area contributed by atoms with Gasteiger partial charge in [0.05, 0.1) is 46.4 Å². The molecule has 6 heteroatoms. The highest BCUT2D eigenvalue weighted by Crippen LogP contribution is 2.41. The van der Waals surface area contributed by atoms with Crippen LogP contribution < -0.4 is 5.35 Å². The minimum Gasteiger partial charge on any atom is -0.306 e. The Balaban J connectivity index is 1.58. The van der Waals surface area contributed by atoms with Gasteiger partial charge < -0.3 is 4.57 Å². The molecule has 148 valence electrons. The van der Waals surface area contributed by atoms with Crippen LogP contribution in [0.5, 0.6) is 0 Å². The van der Waals surface area contributed by atoms with E-state index in [4.69, 9.17) is 0 Å². The molecule has 0 aliphatic heterocycles. The molecule has 0 N–H and O–H groups in total. The first-order valence-corrected chi connectivity index (χ1v) is 10.3. The Morgan fingerprint density at radius 2 is 1.65 bits per heavy atom. The fourth-order valence-corrected chi connectivity index (χ4v) is 5.11. The predicted octanol–water partition coefficient (Wildman–Crippen LogP) is 4.07. The third-order valence-corrected chi connectivity index (χ3v) is 6.34. The molecule has 1 aliphatic carbocycles. The minimum absolute atomic E-state index is 0.132. The lowest BCUT2D eigenvalue weighted by molar-refractivity contribution is 0.666. The van der Waals surface area contributed by atoms with Gasteiger partial charge in [-0.2, -0.15) is 5.10 Å². The van der Waals surface area contributed by atoms with Crippen LogP contribution in [0, 0.1) is 0 Å². The average molecular weight is 402 g/mol. The summed E-state index contributed by atoms with van der Waals surface area (Å²) in [6.07, 6.45) is 11.6. The van der Waals surface area contributed by atoms with Gasteiger partial charge in [-0.3, -0.25) is 4.98 Å². The van der Waals surface area contributed by atoms with Gasteiger partial charge in [-0.1, -0.05) is 26.0 Å². The molecule has 1 aromatic carbocycles. The molecule has 0 saturated carbocycles. The fraction of sp³-hybridized carbons (Fsp3) is 0.120. The van der Waals surface area contributed by atoms with Crippen LogP contribution in [0.2, 0.25) is 0 Å². The Morgan fingerprint density at radius 3 is 2.45 bits per heavy atom. The molecule has 0 radical (unpaired) electrons. The monoisotopic (exact) mass is 402 g/mol. The maximum atomic E-state index is 4.67. The zero-order valence-electron chi connectivity index (χ0n) is 17.1. The second kappa shape index (κ2) is 5.55. The number of pyridine rings is 2. The van der Waals surface area contributed by atoms with Crippen LogP contribution in [0.4, 0.5) is 0 Å². The van der Waals surface area contributed by atoms with Crippen molar-refractivity contribution in [2.45, 2.75) is 19.3 Å². The molecule has 5 aromatic heterocycles. The molecule has 1 aliphatic rings. The topological polar surface area (TPSA) is 60.9 Å². The van der Waals surface area contributed by atoms with Gasteiger partial charge in [0.15, 0.2) is 5.82 Å². The lowest BCUT2D eigenvalue weighted by Crippen LogP contribution is -2.18. The molecule has 31 heavy (non-hydrogen) atoms. The Hall–Kier alpha value is -4.06. The normalized spacial score (nSPS) is 14.6. The molecule has 0 atom stereocenters. The average Bonchev–Trinajstić information content (AvgIpc) is 3.46. The van der Waals surface area contributed by atoms with Gasteiger partial charge >= 0.3 is 0 Å². The van der Waals surface area contributed by atoms with Crippen molar-refractivity contribution in [3.8, 4) is 17.1 Å². The summed E-state index contributed by atoms with van der Waals surface area (Å²) in [5.41, 5.74) is 5.32. The zero-order chi connectivity index (χ0) is 20.7. The largest absolute Gasteiger partial charge is 0.306 e. The zero-order valence-corrected chi connectivity index (χ0v) is 17.1. The van der Waals surface area contributed by atoms with Crippen molar-refractivity contribution in [1.82, 2.24) is 29.1 Å². The van der Waals surface area contributed by atoms with Gasteiger partial charge in [0, 0.05) is 39.5 Å². The molecule has 0 fully saturated rings. The van der Waals surface area contributed by atoms with E-state index in [1.807, 2.05) is 30.7 Å². The molecule has 6 nitrogen and oxygen atoms in total. The Kier molecular flexibility index (Phi) is 2.99. The first-order chi connectivity index (χ1) is 15.1. The van der Waals surface area contributed by atoms with E-state index in [1.54, 1.807) is 12.4 Å². The second-order valence-corrected chi connectivity index (χ2v) is 8.64. The van der Waals surface area contributed by atoms with Crippen molar-refractivity contribution in [3.63, 3.8) is 0 Å². The van der Waals surface area contributed by atoms with Gasteiger partial charge in [-0.05, 0) is 30.3 Å². The van der Waals surface area contributed by atoms with E-state index in [2.05, 4.69) is 73.3 Å². The number of fused-ring (bicyclic) bond motifs is 3. The summed E-state index contributed by atoms with van der Waals surface area (Å²) >= 11 is 0. The Morgan fingerprint density at radius 1 is 0.839 bits per heavy atom. The molecule has 7 rings (SSSR count).